The molecule has 1 N–H and O–H groups in total. The monoisotopic (exact) mass is 181 g/mol. The molecule has 0 saturated carbocycles. The zero-order valence-corrected chi connectivity index (χ0v) is 5.44. The summed E-state index contributed by atoms with van der Waals surface area (Å²) < 4.78 is 39.1. The molecule has 1 rings (SSSR count). The van der Waals surface area contributed by atoms with Crippen molar-refractivity contribution >= 4 is 0 Å². The van der Waals surface area contributed by atoms with Crippen LogP contribution in [0.4, 0.5) is 13.2 Å². The average Bonchev–Trinajstić information content (AvgIpc) is 1.82. The molecule has 1 aromatic heterocycles. The first kappa shape index (κ1) is 8.57. The molecular formula is C5H2F3NO3. The molecule has 66 valence electrons. The van der Waals surface area contributed by atoms with Gasteiger partial charge in [0.05, 0.1) is 6.07 Å². The highest BCUT2D eigenvalue weighted by atomic mass is 19.4. The fraction of sp³-hybridized carbons (Fsp3) is 0.200. The van der Waals surface area contributed by atoms with E-state index in [1.165, 1.54) is 4.98 Å². The van der Waals surface area contributed by atoms with Gasteiger partial charge in [0.15, 0.2) is 0 Å². The van der Waals surface area contributed by atoms with Crippen LogP contribution in [0, 0.1) is 0 Å². The van der Waals surface area contributed by atoms with Crippen LogP contribution in [0.2, 0.25) is 0 Å². The van der Waals surface area contributed by atoms with Crippen LogP contribution in [0.5, 0.6) is 0 Å². The number of alkyl halides is 3. The average molecular weight is 181 g/mol. The molecule has 0 radical (unpaired) electrons. The van der Waals surface area contributed by atoms with E-state index in [0.717, 1.165) is 0 Å². The second-order valence-electron chi connectivity index (χ2n) is 1.89. The fourth-order valence-corrected chi connectivity index (χ4v) is 0.563. The van der Waals surface area contributed by atoms with E-state index in [1.807, 2.05) is 0 Å². The zero-order valence-electron chi connectivity index (χ0n) is 5.44. The standard InChI is InChI=1S/C5H2F3NO3/c6-5(7,8)2-1-3(10)12-4(11)9-2/h1H,(H,9,11). The highest BCUT2D eigenvalue weighted by Crippen LogP contribution is 2.25. The summed E-state index contributed by atoms with van der Waals surface area (Å²) in [6.07, 6.45) is -4.74. The third-order valence-corrected chi connectivity index (χ3v) is 0.998. The van der Waals surface area contributed by atoms with Gasteiger partial charge >= 0.3 is 17.6 Å². The van der Waals surface area contributed by atoms with E-state index in [-0.39, 0.29) is 6.07 Å². The highest BCUT2D eigenvalue weighted by Gasteiger charge is 2.32. The molecule has 1 aromatic rings. The van der Waals surface area contributed by atoms with E-state index in [9.17, 15) is 22.8 Å². The Morgan fingerprint density at radius 2 is 1.92 bits per heavy atom. The van der Waals surface area contributed by atoms with Gasteiger partial charge in [-0.15, -0.1) is 0 Å². The first-order chi connectivity index (χ1) is 5.39. The number of H-pyrrole nitrogens is 1. The molecule has 7 heteroatoms. The van der Waals surface area contributed by atoms with Gasteiger partial charge in [-0.05, 0) is 0 Å². The molecule has 0 aromatic carbocycles. The van der Waals surface area contributed by atoms with Crippen molar-refractivity contribution in [3.8, 4) is 0 Å². The van der Waals surface area contributed by atoms with Crippen molar-refractivity contribution in [3.63, 3.8) is 0 Å². The van der Waals surface area contributed by atoms with Crippen LogP contribution in [-0.4, -0.2) is 4.98 Å². The van der Waals surface area contributed by atoms with Crippen LogP contribution in [0.15, 0.2) is 20.1 Å². The quantitative estimate of drug-likeness (QED) is 0.627. The fourth-order valence-electron chi connectivity index (χ4n) is 0.563. The van der Waals surface area contributed by atoms with Gasteiger partial charge in [-0.1, -0.05) is 0 Å². The van der Waals surface area contributed by atoms with Gasteiger partial charge in [0.1, 0.15) is 5.69 Å². The summed E-state index contributed by atoms with van der Waals surface area (Å²) in [6, 6.07) is 0.168. The Bertz CT molecular complexity index is 360. The van der Waals surface area contributed by atoms with Gasteiger partial charge in [-0.3, -0.25) is 4.98 Å². The van der Waals surface area contributed by atoms with Gasteiger partial charge in [0, 0.05) is 0 Å². The summed E-state index contributed by atoms with van der Waals surface area (Å²) in [5.41, 5.74) is -2.74. The predicted molar refractivity (Wildman–Crippen MR) is 30.6 cm³/mol. The maximum atomic E-state index is 11.8. The molecular weight excluding hydrogens is 179 g/mol. The van der Waals surface area contributed by atoms with Crippen molar-refractivity contribution < 1.29 is 17.6 Å². The molecule has 0 amide bonds. The minimum atomic E-state index is -4.74. The van der Waals surface area contributed by atoms with Crippen molar-refractivity contribution in [2.75, 3.05) is 0 Å². The van der Waals surface area contributed by atoms with Crippen molar-refractivity contribution in [2.24, 2.45) is 0 Å². The lowest BCUT2D eigenvalue weighted by Gasteiger charge is -2.02. The Morgan fingerprint density at radius 3 is 2.33 bits per heavy atom. The van der Waals surface area contributed by atoms with E-state index >= 15 is 0 Å². The van der Waals surface area contributed by atoms with Crippen LogP contribution in [0.25, 0.3) is 0 Å². The molecule has 0 unspecified atom stereocenters. The van der Waals surface area contributed by atoms with Gasteiger partial charge in [-0.25, -0.2) is 9.59 Å². The van der Waals surface area contributed by atoms with E-state index in [1.54, 1.807) is 0 Å². The van der Waals surface area contributed by atoms with Gasteiger partial charge in [-0.2, -0.15) is 13.2 Å². The molecule has 0 bridgehead atoms. The highest BCUT2D eigenvalue weighted by molar-refractivity contribution is 5.00. The molecule has 0 spiro atoms. The summed E-state index contributed by atoms with van der Waals surface area (Å²) in [5.74, 6) is -1.42. The van der Waals surface area contributed by atoms with Crippen molar-refractivity contribution in [1.82, 2.24) is 4.98 Å². The Kier molecular flexibility index (Phi) is 1.79. The van der Waals surface area contributed by atoms with Crippen LogP contribution in [0.3, 0.4) is 0 Å². The van der Waals surface area contributed by atoms with Crippen molar-refractivity contribution in [2.45, 2.75) is 6.18 Å². The lowest BCUT2D eigenvalue weighted by Crippen LogP contribution is -2.21. The maximum Gasteiger partial charge on any atom is 0.431 e. The van der Waals surface area contributed by atoms with E-state index in [2.05, 4.69) is 4.42 Å². The van der Waals surface area contributed by atoms with Crippen molar-refractivity contribution in [3.05, 3.63) is 32.7 Å². The third kappa shape index (κ3) is 1.74. The minimum absolute atomic E-state index is 0.168. The zero-order chi connectivity index (χ0) is 9.35. The number of aromatic nitrogens is 1. The van der Waals surface area contributed by atoms with Crippen LogP contribution in [0.1, 0.15) is 5.69 Å². The van der Waals surface area contributed by atoms with Gasteiger partial charge < -0.3 is 4.42 Å². The van der Waals surface area contributed by atoms with Gasteiger partial charge in [0.25, 0.3) is 0 Å². The third-order valence-electron chi connectivity index (χ3n) is 0.998. The summed E-state index contributed by atoms with van der Waals surface area (Å²) in [5, 5.41) is 0. The van der Waals surface area contributed by atoms with Crippen molar-refractivity contribution in [1.29, 1.82) is 0 Å². The van der Waals surface area contributed by atoms with Gasteiger partial charge in [0.2, 0.25) is 0 Å². The summed E-state index contributed by atoms with van der Waals surface area (Å²) >= 11 is 0. The maximum absolute atomic E-state index is 11.8. The Balaban J connectivity index is 3.37. The normalized spacial score (nSPS) is 11.6. The first-order valence-corrected chi connectivity index (χ1v) is 2.71. The predicted octanol–water partition coefficient (Wildman–Crippen LogP) is 0.347. The molecule has 0 aliphatic rings. The number of rotatable bonds is 0. The van der Waals surface area contributed by atoms with E-state index in [0.29, 0.717) is 0 Å². The molecule has 12 heavy (non-hydrogen) atoms. The molecule has 1 heterocycles. The van der Waals surface area contributed by atoms with E-state index in [4.69, 9.17) is 0 Å². The Labute approximate surface area is 62.6 Å². The largest absolute Gasteiger partial charge is 0.431 e. The number of hydrogen-bond acceptors (Lipinski definition) is 3. The number of halogens is 3. The second-order valence-corrected chi connectivity index (χ2v) is 1.89. The van der Waals surface area contributed by atoms with Crippen LogP contribution in [-0.2, 0) is 6.18 Å². The molecule has 0 saturated heterocycles. The summed E-state index contributed by atoms with van der Waals surface area (Å²) in [6.45, 7) is 0. The number of aromatic amines is 1. The summed E-state index contributed by atoms with van der Waals surface area (Å²) in [7, 11) is 0. The smallest absolute Gasteiger partial charge is 0.373 e. The lowest BCUT2D eigenvalue weighted by atomic mass is 10.4. The molecule has 0 atom stereocenters. The molecule has 0 aliphatic carbocycles. The van der Waals surface area contributed by atoms with Crippen LogP contribution < -0.4 is 11.4 Å². The number of nitrogens with one attached hydrogen (secondary N) is 1. The SMILES string of the molecule is O=c1cc(C(F)(F)F)[nH]c(=O)o1. The Hall–Kier alpha value is -1.53. The second kappa shape index (κ2) is 2.50. The minimum Gasteiger partial charge on any atom is -0.373 e. The Morgan fingerprint density at radius 1 is 1.33 bits per heavy atom. The molecule has 0 aliphatic heterocycles. The first-order valence-electron chi connectivity index (χ1n) is 2.71. The molecule has 4 nitrogen and oxygen atoms in total. The summed E-state index contributed by atoms with van der Waals surface area (Å²) in [4.78, 5) is 21.8. The van der Waals surface area contributed by atoms with Crippen LogP contribution >= 0.6 is 0 Å². The topological polar surface area (TPSA) is 63.1 Å². The lowest BCUT2D eigenvalue weighted by molar-refractivity contribution is -0.142. The number of hydrogen-bond donors (Lipinski definition) is 1. The van der Waals surface area contributed by atoms with E-state index < -0.39 is 23.3 Å². The molecule has 0 fully saturated rings.